The van der Waals surface area contributed by atoms with E-state index < -0.39 is 11.8 Å². The molecule has 0 aliphatic carbocycles. The van der Waals surface area contributed by atoms with E-state index in [-0.39, 0.29) is 6.61 Å². The van der Waals surface area contributed by atoms with E-state index in [1.165, 1.54) is 13.3 Å². The molecule has 0 fully saturated rings. The number of nitrogens with one attached hydrogen (secondary N) is 2. The molecule has 0 radical (unpaired) electrons. The number of benzene rings is 3. The van der Waals surface area contributed by atoms with Crippen molar-refractivity contribution >= 4 is 46.9 Å². The largest absolute Gasteiger partial charge is 0.493 e. The van der Waals surface area contributed by atoms with Gasteiger partial charge in [0.05, 0.1) is 18.3 Å². The molecule has 0 aromatic heterocycles. The molecule has 0 aliphatic rings. The van der Waals surface area contributed by atoms with Gasteiger partial charge in [-0.3, -0.25) is 9.59 Å². The second-order valence-corrected chi connectivity index (χ2v) is 7.96. The lowest BCUT2D eigenvalue weighted by atomic mass is 10.1. The fraction of sp³-hybridized carbons (Fsp3) is 0.160. The summed E-state index contributed by atoms with van der Waals surface area (Å²) < 4.78 is 11.2. The van der Waals surface area contributed by atoms with E-state index in [4.69, 9.17) is 32.7 Å². The van der Waals surface area contributed by atoms with Crippen molar-refractivity contribution in [2.24, 2.45) is 5.10 Å². The molecule has 34 heavy (non-hydrogen) atoms. The first-order chi connectivity index (χ1) is 16.4. The smallest absolute Gasteiger partial charge is 0.329 e. The molecule has 9 heteroatoms. The molecule has 0 unspecified atom stereocenters. The fourth-order valence-corrected chi connectivity index (χ4v) is 3.44. The van der Waals surface area contributed by atoms with Gasteiger partial charge < -0.3 is 14.8 Å². The average Bonchev–Trinajstić information content (AvgIpc) is 2.84. The van der Waals surface area contributed by atoms with Crippen LogP contribution in [-0.2, 0) is 22.6 Å². The third kappa shape index (κ3) is 6.73. The van der Waals surface area contributed by atoms with Crippen molar-refractivity contribution in [3.05, 3.63) is 87.4 Å². The lowest BCUT2D eigenvalue weighted by Gasteiger charge is -2.13. The third-order valence-electron chi connectivity index (χ3n) is 4.78. The van der Waals surface area contributed by atoms with Gasteiger partial charge in [-0.1, -0.05) is 60.5 Å². The number of carbonyl (C=O) groups is 2. The minimum Gasteiger partial charge on any atom is -0.493 e. The van der Waals surface area contributed by atoms with Crippen molar-refractivity contribution < 1.29 is 19.1 Å². The summed E-state index contributed by atoms with van der Waals surface area (Å²) in [6, 6.07) is 17.8. The molecule has 0 bridgehead atoms. The van der Waals surface area contributed by atoms with Crippen LogP contribution < -0.4 is 20.2 Å². The number of aryl methyl sites for hydroxylation is 1. The Labute approximate surface area is 207 Å². The summed E-state index contributed by atoms with van der Waals surface area (Å²) in [6.07, 6.45) is 2.07. The minimum absolute atomic E-state index is 0.271. The number of hydrogen-bond acceptors (Lipinski definition) is 5. The highest BCUT2D eigenvalue weighted by Gasteiger charge is 2.15. The van der Waals surface area contributed by atoms with Crippen molar-refractivity contribution in [3.63, 3.8) is 0 Å². The number of amides is 2. The molecule has 3 aromatic carbocycles. The number of hydrogen-bond donors (Lipinski definition) is 2. The molecule has 2 N–H and O–H groups in total. The van der Waals surface area contributed by atoms with Crippen LogP contribution in [0.2, 0.25) is 10.0 Å². The van der Waals surface area contributed by atoms with Gasteiger partial charge in [0, 0.05) is 10.7 Å². The van der Waals surface area contributed by atoms with Gasteiger partial charge in [0.1, 0.15) is 6.61 Å². The topological polar surface area (TPSA) is 89.0 Å². The van der Waals surface area contributed by atoms with Crippen LogP contribution >= 0.6 is 23.2 Å². The molecule has 2 amide bonds. The van der Waals surface area contributed by atoms with Crippen molar-refractivity contribution in [1.29, 1.82) is 0 Å². The highest BCUT2D eigenvalue weighted by molar-refractivity contribution is 6.39. The fourth-order valence-electron chi connectivity index (χ4n) is 3.04. The zero-order valence-corrected chi connectivity index (χ0v) is 20.1. The Morgan fingerprint density at radius 1 is 1.03 bits per heavy atom. The van der Waals surface area contributed by atoms with Crippen molar-refractivity contribution in [3.8, 4) is 11.5 Å². The van der Waals surface area contributed by atoms with Crippen LogP contribution in [0.15, 0.2) is 65.8 Å². The average molecular weight is 500 g/mol. The number of anilines is 1. The van der Waals surface area contributed by atoms with E-state index >= 15 is 0 Å². The number of ether oxygens (including phenoxy) is 2. The maximum atomic E-state index is 12.2. The molecule has 3 aromatic rings. The standard InChI is InChI=1S/C25H23Cl2N3O4/c1-3-18-6-4-5-7-21(18)29-24(31)25(32)30-28-14-17-12-20(27)23(22(13-17)33-2)34-15-16-8-10-19(26)11-9-16/h4-14H,3,15H2,1-2H3,(H,29,31)(H,30,32)/b28-14-. The van der Waals surface area contributed by atoms with Gasteiger partial charge in [-0.15, -0.1) is 0 Å². The van der Waals surface area contributed by atoms with E-state index in [0.29, 0.717) is 32.8 Å². The summed E-state index contributed by atoms with van der Waals surface area (Å²) in [5.41, 5.74) is 5.16. The van der Waals surface area contributed by atoms with E-state index in [1.807, 2.05) is 31.2 Å². The van der Waals surface area contributed by atoms with Crippen LogP contribution in [0.25, 0.3) is 0 Å². The van der Waals surface area contributed by atoms with E-state index in [0.717, 1.165) is 17.5 Å². The highest BCUT2D eigenvalue weighted by Crippen LogP contribution is 2.36. The van der Waals surface area contributed by atoms with Crippen LogP contribution in [0.4, 0.5) is 5.69 Å². The van der Waals surface area contributed by atoms with Gasteiger partial charge in [0.25, 0.3) is 0 Å². The molecule has 3 rings (SSSR count). The first kappa shape index (κ1) is 25.1. The van der Waals surface area contributed by atoms with Crippen LogP contribution in [0.1, 0.15) is 23.6 Å². The van der Waals surface area contributed by atoms with Gasteiger partial charge in [-0.25, -0.2) is 5.43 Å². The minimum atomic E-state index is -0.900. The lowest BCUT2D eigenvalue weighted by Crippen LogP contribution is -2.32. The van der Waals surface area contributed by atoms with Crippen LogP contribution in [0.5, 0.6) is 11.5 Å². The van der Waals surface area contributed by atoms with Crippen LogP contribution in [0, 0.1) is 0 Å². The molecule has 0 aliphatic heterocycles. The SMILES string of the molecule is CCc1ccccc1NC(=O)C(=O)N/N=C\c1cc(Cl)c(OCc2ccc(Cl)cc2)c(OC)c1. The summed E-state index contributed by atoms with van der Waals surface area (Å²) >= 11 is 12.3. The van der Waals surface area contributed by atoms with Gasteiger partial charge in [0.15, 0.2) is 11.5 Å². The van der Waals surface area contributed by atoms with E-state index in [9.17, 15) is 9.59 Å². The molecule has 0 saturated carbocycles. The number of methoxy groups -OCH3 is 1. The number of halogens is 2. The monoisotopic (exact) mass is 499 g/mol. The van der Waals surface area contributed by atoms with Crippen LogP contribution in [0.3, 0.4) is 0 Å². The Hall–Kier alpha value is -3.55. The quantitative estimate of drug-likeness (QED) is 0.252. The Kier molecular flexibility index (Phi) is 8.90. The van der Waals surface area contributed by atoms with Crippen LogP contribution in [-0.4, -0.2) is 25.1 Å². The second kappa shape index (κ2) is 12.1. The second-order valence-electron chi connectivity index (χ2n) is 7.11. The summed E-state index contributed by atoms with van der Waals surface area (Å²) in [4.78, 5) is 24.3. The van der Waals surface area contributed by atoms with Crippen molar-refractivity contribution in [2.45, 2.75) is 20.0 Å². The molecule has 7 nitrogen and oxygen atoms in total. The van der Waals surface area contributed by atoms with Crippen molar-refractivity contribution in [2.75, 3.05) is 12.4 Å². The normalized spacial score (nSPS) is 10.7. The summed E-state index contributed by atoms with van der Waals surface area (Å²) in [6.45, 7) is 2.23. The predicted molar refractivity (Wildman–Crippen MR) is 134 cm³/mol. The van der Waals surface area contributed by atoms with Gasteiger partial charge in [-0.05, 0) is 53.4 Å². The number of para-hydroxylation sites is 1. The summed E-state index contributed by atoms with van der Waals surface area (Å²) in [7, 11) is 1.49. The number of carbonyl (C=O) groups excluding carboxylic acids is 2. The van der Waals surface area contributed by atoms with Gasteiger partial charge >= 0.3 is 11.8 Å². The Morgan fingerprint density at radius 2 is 1.76 bits per heavy atom. The molecular formula is C25H23Cl2N3O4. The zero-order chi connectivity index (χ0) is 24.5. The third-order valence-corrected chi connectivity index (χ3v) is 5.31. The maximum Gasteiger partial charge on any atom is 0.329 e. The molecule has 0 heterocycles. The van der Waals surface area contributed by atoms with E-state index in [2.05, 4.69) is 15.8 Å². The number of hydrazone groups is 1. The zero-order valence-electron chi connectivity index (χ0n) is 18.6. The lowest BCUT2D eigenvalue weighted by molar-refractivity contribution is -0.136. The van der Waals surface area contributed by atoms with Crippen molar-refractivity contribution in [1.82, 2.24) is 5.43 Å². The molecule has 176 valence electrons. The summed E-state index contributed by atoms with van der Waals surface area (Å²) in [5.74, 6) is -0.958. The molecular weight excluding hydrogens is 477 g/mol. The number of rotatable bonds is 8. The molecule has 0 atom stereocenters. The van der Waals surface area contributed by atoms with Gasteiger partial charge in [-0.2, -0.15) is 5.10 Å². The van der Waals surface area contributed by atoms with Gasteiger partial charge in [0.2, 0.25) is 0 Å². The first-order valence-corrected chi connectivity index (χ1v) is 11.1. The Bertz CT molecular complexity index is 1200. The highest BCUT2D eigenvalue weighted by atomic mass is 35.5. The molecule has 0 spiro atoms. The predicted octanol–water partition coefficient (Wildman–Crippen LogP) is 5.23. The Morgan fingerprint density at radius 3 is 2.47 bits per heavy atom. The van der Waals surface area contributed by atoms with E-state index in [1.54, 1.807) is 36.4 Å². The summed E-state index contributed by atoms with van der Waals surface area (Å²) in [5, 5.41) is 7.37. The maximum absolute atomic E-state index is 12.2. The molecule has 0 saturated heterocycles. The first-order valence-electron chi connectivity index (χ1n) is 10.4. The number of nitrogens with zero attached hydrogens (tertiary/aromatic N) is 1. The Balaban J connectivity index is 1.62.